The van der Waals surface area contributed by atoms with Crippen LogP contribution < -0.4 is 10.5 Å². The van der Waals surface area contributed by atoms with Crippen molar-refractivity contribution in [1.82, 2.24) is 4.57 Å². The molecule has 0 aliphatic rings. The zero-order valence-electron chi connectivity index (χ0n) is 11.8. The Balaban J connectivity index is 2.08. The van der Waals surface area contributed by atoms with E-state index in [1.165, 1.54) is 10.9 Å². The van der Waals surface area contributed by atoms with Gasteiger partial charge in [-0.05, 0) is 35.2 Å². The first-order chi connectivity index (χ1) is 10.2. The number of aromatic nitrogens is 1. The molecule has 0 aliphatic heterocycles. The van der Waals surface area contributed by atoms with E-state index in [1.54, 1.807) is 7.11 Å². The first kappa shape index (κ1) is 14.0. The fourth-order valence-electron chi connectivity index (χ4n) is 2.69. The second-order valence-corrected chi connectivity index (χ2v) is 5.40. The molecule has 0 amide bonds. The maximum atomic E-state index is 6.11. The molecule has 0 aliphatic carbocycles. The molecule has 108 valence electrons. The van der Waals surface area contributed by atoms with Gasteiger partial charge in [-0.1, -0.05) is 29.8 Å². The predicted octanol–water partition coefficient (Wildman–Crippen LogP) is 3.81. The van der Waals surface area contributed by atoms with Gasteiger partial charge in [0, 0.05) is 23.3 Å². The normalized spacial score (nSPS) is 11.0. The monoisotopic (exact) mass is 300 g/mol. The minimum Gasteiger partial charge on any atom is -0.496 e. The Morgan fingerprint density at radius 3 is 2.76 bits per heavy atom. The molecule has 0 unspecified atom stereocenters. The summed E-state index contributed by atoms with van der Waals surface area (Å²) in [5.41, 5.74) is 9.21. The quantitative estimate of drug-likeness (QED) is 0.796. The maximum absolute atomic E-state index is 6.11. The van der Waals surface area contributed by atoms with E-state index in [-0.39, 0.29) is 0 Å². The highest BCUT2D eigenvalue weighted by atomic mass is 35.5. The van der Waals surface area contributed by atoms with Crippen LogP contribution in [0.15, 0.2) is 48.7 Å². The Morgan fingerprint density at radius 1 is 1.14 bits per heavy atom. The molecule has 0 fully saturated rings. The van der Waals surface area contributed by atoms with Crippen molar-refractivity contribution in [2.75, 3.05) is 7.11 Å². The first-order valence-corrected chi connectivity index (χ1v) is 7.20. The lowest BCUT2D eigenvalue weighted by molar-refractivity contribution is 0.408. The van der Waals surface area contributed by atoms with Crippen molar-refractivity contribution < 1.29 is 4.74 Å². The van der Waals surface area contributed by atoms with Gasteiger partial charge in [0.1, 0.15) is 5.75 Å². The highest BCUT2D eigenvalue weighted by molar-refractivity contribution is 6.30. The van der Waals surface area contributed by atoms with Crippen molar-refractivity contribution in [1.29, 1.82) is 0 Å². The van der Waals surface area contributed by atoms with Crippen molar-refractivity contribution in [3.05, 3.63) is 64.8 Å². The molecule has 0 spiro atoms. The van der Waals surface area contributed by atoms with Crippen molar-refractivity contribution in [2.45, 2.75) is 13.1 Å². The van der Waals surface area contributed by atoms with Gasteiger partial charge in [-0.2, -0.15) is 0 Å². The van der Waals surface area contributed by atoms with E-state index in [2.05, 4.69) is 29.0 Å². The van der Waals surface area contributed by atoms with Crippen molar-refractivity contribution in [3.63, 3.8) is 0 Å². The van der Waals surface area contributed by atoms with E-state index in [4.69, 9.17) is 22.1 Å². The van der Waals surface area contributed by atoms with Crippen LogP contribution >= 0.6 is 11.6 Å². The molecule has 0 atom stereocenters. The Labute approximate surface area is 128 Å². The summed E-state index contributed by atoms with van der Waals surface area (Å²) in [4.78, 5) is 0. The number of methoxy groups -OCH3 is 1. The van der Waals surface area contributed by atoms with E-state index in [9.17, 15) is 0 Å². The largest absolute Gasteiger partial charge is 0.496 e. The molecule has 2 N–H and O–H groups in total. The van der Waals surface area contributed by atoms with Gasteiger partial charge < -0.3 is 15.0 Å². The van der Waals surface area contributed by atoms with E-state index in [0.717, 1.165) is 16.9 Å². The average Bonchev–Trinajstić information content (AvgIpc) is 2.91. The summed E-state index contributed by atoms with van der Waals surface area (Å²) in [7, 11) is 1.67. The Morgan fingerprint density at radius 2 is 2.00 bits per heavy atom. The molecule has 3 nitrogen and oxygen atoms in total. The van der Waals surface area contributed by atoms with Crippen LogP contribution in [0.2, 0.25) is 5.02 Å². The summed E-state index contributed by atoms with van der Waals surface area (Å²) in [5.74, 6) is 0.839. The summed E-state index contributed by atoms with van der Waals surface area (Å²) in [6.45, 7) is 1.22. The summed E-state index contributed by atoms with van der Waals surface area (Å²) in [6.07, 6.45) is 2.07. The van der Waals surface area contributed by atoms with Crippen molar-refractivity contribution in [3.8, 4) is 5.75 Å². The Hall–Kier alpha value is -1.97. The fraction of sp³-hybridized carbons (Fsp3) is 0.176. The zero-order valence-corrected chi connectivity index (χ0v) is 12.6. The summed E-state index contributed by atoms with van der Waals surface area (Å²) in [5, 5.41) is 1.90. The number of hydrogen-bond donors (Lipinski definition) is 1. The number of nitrogens with zero attached hydrogens (tertiary/aromatic N) is 1. The van der Waals surface area contributed by atoms with Gasteiger partial charge in [0.05, 0.1) is 19.2 Å². The number of benzene rings is 2. The number of halogens is 1. The molecular weight excluding hydrogens is 284 g/mol. The van der Waals surface area contributed by atoms with Crippen LogP contribution in [0.25, 0.3) is 10.9 Å². The summed E-state index contributed by atoms with van der Waals surface area (Å²) < 4.78 is 7.61. The molecule has 2 aromatic carbocycles. The third kappa shape index (κ3) is 2.62. The molecule has 3 rings (SSSR count). The molecule has 1 aromatic heterocycles. The second kappa shape index (κ2) is 5.80. The van der Waals surface area contributed by atoms with Gasteiger partial charge in [0.25, 0.3) is 0 Å². The lowest BCUT2D eigenvalue weighted by Crippen LogP contribution is -2.04. The van der Waals surface area contributed by atoms with Crippen molar-refractivity contribution in [2.24, 2.45) is 5.73 Å². The molecule has 4 heteroatoms. The fourth-order valence-corrected chi connectivity index (χ4v) is 2.89. The van der Waals surface area contributed by atoms with Gasteiger partial charge in [0.15, 0.2) is 0 Å². The Bertz CT molecular complexity index is 780. The van der Waals surface area contributed by atoms with Crippen LogP contribution in [0, 0.1) is 0 Å². The molecule has 0 radical (unpaired) electrons. The second-order valence-electron chi connectivity index (χ2n) is 4.96. The van der Waals surface area contributed by atoms with Gasteiger partial charge in [0.2, 0.25) is 0 Å². The lowest BCUT2D eigenvalue weighted by Gasteiger charge is -2.12. The van der Waals surface area contributed by atoms with Gasteiger partial charge >= 0.3 is 0 Å². The van der Waals surface area contributed by atoms with Crippen LogP contribution in [0.5, 0.6) is 5.75 Å². The molecule has 3 aromatic rings. The van der Waals surface area contributed by atoms with Crippen LogP contribution in [0.3, 0.4) is 0 Å². The lowest BCUT2D eigenvalue weighted by atomic mass is 10.1. The molecule has 1 heterocycles. The molecule has 0 saturated heterocycles. The Kier molecular flexibility index (Phi) is 3.86. The standard InChI is InChI=1S/C17H17ClN2O/c1-21-16-6-5-15(18)9-14(16)11-20-8-7-12-3-2-4-13(10-19)17(12)20/h2-9H,10-11,19H2,1H3. The highest BCUT2D eigenvalue weighted by Crippen LogP contribution is 2.26. The number of ether oxygens (including phenoxy) is 1. The third-order valence-electron chi connectivity index (χ3n) is 3.68. The third-order valence-corrected chi connectivity index (χ3v) is 3.91. The van der Waals surface area contributed by atoms with Crippen LogP contribution in [0.4, 0.5) is 0 Å². The molecular formula is C17H17ClN2O. The summed E-state index contributed by atoms with van der Waals surface area (Å²) >= 11 is 6.11. The van der Waals surface area contributed by atoms with Gasteiger partial charge in [-0.15, -0.1) is 0 Å². The maximum Gasteiger partial charge on any atom is 0.123 e. The average molecular weight is 301 g/mol. The number of fused-ring (bicyclic) bond motifs is 1. The number of hydrogen-bond acceptors (Lipinski definition) is 2. The summed E-state index contributed by atoms with van der Waals surface area (Å²) in [6, 6.07) is 14.0. The topological polar surface area (TPSA) is 40.2 Å². The van der Waals surface area contributed by atoms with Crippen LogP contribution in [-0.2, 0) is 13.1 Å². The number of nitrogens with two attached hydrogens (primary N) is 1. The smallest absolute Gasteiger partial charge is 0.123 e. The van der Waals surface area contributed by atoms with Gasteiger partial charge in [-0.25, -0.2) is 0 Å². The molecule has 0 saturated carbocycles. The van der Waals surface area contributed by atoms with E-state index < -0.39 is 0 Å². The SMILES string of the molecule is COc1ccc(Cl)cc1Cn1ccc2cccc(CN)c21. The van der Waals surface area contributed by atoms with Gasteiger partial charge in [-0.3, -0.25) is 0 Å². The van der Waals surface area contributed by atoms with Crippen LogP contribution in [0.1, 0.15) is 11.1 Å². The number of rotatable bonds is 4. The highest BCUT2D eigenvalue weighted by Gasteiger charge is 2.09. The minimum absolute atomic E-state index is 0.522. The number of para-hydroxylation sites is 1. The molecule has 0 bridgehead atoms. The van der Waals surface area contributed by atoms with Crippen molar-refractivity contribution >= 4 is 22.5 Å². The minimum atomic E-state index is 0.522. The van der Waals surface area contributed by atoms with E-state index in [1.807, 2.05) is 24.3 Å². The van der Waals surface area contributed by atoms with Crippen LogP contribution in [-0.4, -0.2) is 11.7 Å². The van der Waals surface area contributed by atoms with E-state index >= 15 is 0 Å². The van der Waals surface area contributed by atoms with E-state index in [0.29, 0.717) is 18.1 Å². The molecule has 21 heavy (non-hydrogen) atoms. The first-order valence-electron chi connectivity index (χ1n) is 6.82. The predicted molar refractivity (Wildman–Crippen MR) is 86.9 cm³/mol. The zero-order chi connectivity index (χ0) is 14.8.